The summed E-state index contributed by atoms with van der Waals surface area (Å²) < 4.78 is 11.1. The minimum absolute atomic E-state index is 0.0574. The first-order valence-corrected chi connectivity index (χ1v) is 6.70. The van der Waals surface area contributed by atoms with E-state index in [2.05, 4.69) is 21.8 Å². The van der Waals surface area contributed by atoms with Crippen LogP contribution in [0.15, 0.2) is 6.07 Å². The van der Waals surface area contributed by atoms with Crippen LogP contribution in [-0.4, -0.2) is 48.4 Å². The molecule has 19 heavy (non-hydrogen) atoms. The Morgan fingerprint density at radius 1 is 1.53 bits per heavy atom. The molecule has 1 aromatic heterocycles. The number of morpholine rings is 1. The summed E-state index contributed by atoms with van der Waals surface area (Å²) in [7, 11) is 0. The fourth-order valence-electron chi connectivity index (χ4n) is 2.17. The minimum Gasteiger partial charge on any atom is -0.478 e. The van der Waals surface area contributed by atoms with E-state index in [9.17, 15) is 0 Å². The Hall–Kier alpha value is -1.40. The molecule has 0 bridgehead atoms. The first-order chi connectivity index (χ1) is 9.13. The lowest BCUT2D eigenvalue weighted by Crippen LogP contribution is -2.51. The van der Waals surface area contributed by atoms with Crippen LogP contribution < -0.4 is 15.4 Å². The van der Waals surface area contributed by atoms with Gasteiger partial charge in [-0.15, -0.1) is 0 Å². The Balaban J connectivity index is 2.23. The van der Waals surface area contributed by atoms with Crippen LogP contribution >= 0.6 is 0 Å². The van der Waals surface area contributed by atoms with E-state index in [-0.39, 0.29) is 12.1 Å². The van der Waals surface area contributed by atoms with Crippen molar-refractivity contribution in [1.29, 1.82) is 0 Å². The number of hydrogen-bond acceptors (Lipinski definition) is 6. The summed E-state index contributed by atoms with van der Waals surface area (Å²) in [5.74, 6) is 2.21. The fourth-order valence-corrected chi connectivity index (χ4v) is 2.17. The normalized spacial score (nSPS) is 23.5. The van der Waals surface area contributed by atoms with Crippen LogP contribution in [0.2, 0.25) is 0 Å². The Bertz CT molecular complexity index is 427. The molecule has 6 heteroatoms. The van der Waals surface area contributed by atoms with Crippen LogP contribution in [0.3, 0.4) is 0 Å². The molecule has 0 saturated carbocycles. The van der Waals surface area contributed by atoms with E-state index in [0.29, 0.717) is 31.5 Å². The average Bonchev–Trinajstić information content (AvgIpc) is 2.39. The summed E-state index contributed by atoms with van der Waals surface area (Å²) in [5.41, 5.74) is 5.69. The molecular weight excluding hydrogens is 244 g/mol. The van der Waals surface area contributed by atoms with Crippen LogP contribution in [0.4, 0.5) is 5.82 Å². The van der Waals surface area contributed by atoms with Gasteiger partial charge in [-0.1, -0.05) is 0 Å². The SMILES string of the molecule is CCOc1cc(N2CC(CN)OCC2C)nc(C)n1. The molecule has 1 aliphatic rings. The van der Waals surface area contributed by atoms with Crippen LogP contribution in [0.5, 0.6) is 5.88 Å². The molecule has 1 saturated heterocycles. The Labute approximate surface area is 113 Å². The van der Waals surface area contributed by atoms with Crippen molar-refractivity contribution in [2.45, 2.75) is 32.9 Å². The zero-order valence-corrected chi connectivity index (χ0v) is 11.8. The summed E-state index contributed by atoms with van der Waals surface area (Å²) in [4.78, 5) is 11.0. The van der Waals surface area contributed by atoms with Crippen molar-refractivity contribution >= 4 is 5.82 Å². The van der Waals surface area contributed by atoms with Gasteiger partial charge in [-0.25, -0.2) is 4.98 Å². The molecule has 0 aliphatic carbocycles. The zero-order valence-electron chi connectivity index (χ0n) is 11.8. The summed E-state index contributed by atoms with van der Waals surface area (Å²) in [6.07, 6.45) is 0.0574. The van der Waals surface area contributed by atoms with Crippen molar-refractivity contribution in [1.82, 2.24) is 9.97 Å². The van der Waals surface area contributed by atoms with Gasteiger partial charge in [-0.3, -0.25) is 0 Å². The van der Waals surface area contributed by atoms with Gasteiger partial charge in [0.05, 0.1) is 25.4 Å². The van der Waals surface area contributed by atoms with Crippen LogP contribution in [0, 0.1) is 6.92 Å². The maximum Gasteiger partial charge on any atom is 0.218 e. The highest BCUT2D eigenvalue weighted by Gasteiger charge is 2.26. The third kappa shape index (κ3) is 3.33. The van der Waals surface area contributed by atoms with Crippen LogP contribution in [-0.2, 0) is 4.74 Å². The van der Waals surface area contributed by atoms with E-state index in [0.717, 1.165) is 12.4 Å². The molecule has 0 amide bonds. The fraction of sp³-hybridized carbons (Fsp3) is 0.692. The zero-order chi connectivity index (χ0) is 13.8. The number of ether oxygens (including phenoxy) is 2. The Morgan fingerprint density at radius 2 is 2.32 bits per heavy atom. The predicted octanol–water partition coefficient (Wildman–Crippen LogP) is 0.736. The molecule has 1 aliphatic heterocycles. The molecule has 1 fully saturated rings. The lowest BCUT2D eigenvalue weighted by molar-refractivity contribution is 0.0279. The maximum absolute atomic E-state index is 5.69. The second-order valence-electron chi connectivity index (χ2n) is 4.74. The average molecular weight is 266 g/mol. The quantitative estimate of drug-likeness (QED) is 0.866. The highest BCUT2D eigenvalue weighted by Crippen LogP contribution is 2.23. The molecule has 1 aromatic rings. The van der Waals surface area contributed by atoms with E-state index < -0.39 is 0 Å². The number of aromatic nitrogens is 2. The van der Waals surface area contributed by atoms with Gasteiger partial charge < -0.3 is 20.1 Å². The highest BCUT2D eigenvalue weighted by atomic mass is 16.5. The summed E-state index contributed by atoms with van der Waals surface area (Å²) in [5, 5.41) is 0. The van der Waals surface area contributed by atoms with Gasteiger partial charge >= 0.3 is 0 Å². The second-order valence-corrected chi connectivity index (χ2v) is 4.74. The molecule has 2 unspecified atom stereocenters. The van der Waals surface area contributed by atoms with Crippen LogP contribution in [0.25, 0.3) is 0 Å². The van der Waals surface area contributed by atoms with E-state index in [4.69, 9.17) is 15.2 Å². The van der Waals surface area contributed by atoms with E-state index in [1.165, 1.54) is 0 Å². The minimum atomic E-state index is 0.0574. The molecule has 2 heterocycles. The first-order valence-electron chi connectivity index (χ1n) is 6.70. The van der Waals surface area contributed by atoms with Crippen LogP contribution in [0.1, 0.15) is 19.7 Å². The van der Waals surface area contributed by atoms with Crippen molar-refractivity contribution < 1.29 is 9.47 Å². The van der Waals surface area contributed by atoms with Crippen molar-refractivity contribution in [2.75, 3.05) is 31.2 Å². The lowest BCUT2D eigenvalue weighted by Gasteiger charge is -2.38. The van der Waals surface area contributed by atoms with Crippen molar-refractivity contribution in [2.24, 2.45) is 5.73 Å². The van der Waals surface area contributed by atoms with Gasteiger partial charge in [-0.2, -0.15) is 4.98 Å². The molecule has 2 rings (SSSR count). The molecule has 106 valence electrons. The largest absolute Gasteiger partial charge is 0.478 e. The molecule has 0 spiro atoms. The number of hydrogen-bond donors (Lipinski definition) is 1. The van der Waals surface area contributed by atoms with E-state index in [1.54, 1.807) is 0 Å². The van der Waals surface area contributed by atoms with E-state index in [1.807, 2.05) is 19.9 Å². The van der Waals surface area contributed by atoms with Crippen molar-refractivity contribution in [3.63, 3.8) is 0 Å². The molecule has 0 radical (unpaired) electrons. The van der Waals surface area contributed by atoms with Gasteiger partial charge in [0.25, 0.3) is 0 Å². The standard InChI is InChI=1S/C13H22N4O2/c1-4-18-13-5-12(15-10(3)16-13)17-7-11(6-14)19-8-9(17)2/h5,9,11H,4,6-8,14H2,1-3H3. The maximum atomic E-state index is 5.69. The molecule has 0 aromatic carbocycles. The third-order valence-corrected chi connectivity index (χ3v) is 3.16. The summed E-state index contributed by atoms with van der Waals surface area (Å²) in [6, 6.07) is 2.15. The highest BCUT2D eigenvalue weighted by molar-refractivity contribution is 5.43. The number of nitrogens with two attached hydrogens (primary N) is 1. The number of anilines is 1. The topological polar surface area (TPSA) is 73.5 Å². The van der Waals surface area contributed by atoms with Gasteiger partial charge in [0.2, 0.25) is 5.88 Å². The second kappa shape index (κ2) is 6.16. The number of nitrogens with zero attached hydrogens (tertiary/aromatic N) is 3. The van der Waals surface area contributed by atoms with Gasteiger partial charge in [0.1, 0.15) is 11.6 Å². The molecule has 6 nitrogen and oxygen atoms in total. The van der Waals surface area contributed by atoms with Gasteiger partial charge in [0.15, 0.2) is 0 Å². The summed E-state index contributed by atoms with van der Waals surface area (Å²) in [6.45, 7) is 8.46. The molecule has 2 N–H and O–H groups in total. The van der Waals surface area contributed by atoms with E-state index >= 15 is 0 Å². The van der Waals surface area contributed by atoms with Crippen molar-refractivity contribution in [3.05, 3.63) is 11.9 Å². The smallest absolute Gasteiger partial charge is 0.218 e. The number of rotatable bonds is 4. The van der Waals surface area contributed by atoms with Crippen molar-refractivity contribution in [3.8, 4) is 5.88 Å². The molecule has 2 atom stereocenters. The summed E-state index contributed by atoms with van der Waals surface area (Å²) >= 11 is 0. The lowest BCUT2D eigenvalue weighted by atomic mass is 10.2. The first kappa shape index (κ1) is 14.0. The Kier molecular flexibility index (Phi) is 4.55. The molecular formula is C13H22N4O2. The number of aryl methyl sites for hydroxylation is 1. The monoisotopic (exact) mass is 266 g/mol. The Morgan fingerprint density at radius 3 is 3.00 bits per heavy atom. The van der Waals surface area contributed by atoms with Gasteiger partial charge in [0, 0.05) is 19.2 Å². The van der Waals surface area contributed by atoms with Gasteiger partial charge in [-0.05, 0) is 20.8 Å². The third-order valence-electron chi connectivity index (χ3n) is 3.16. The predicted molar refractivity (Wildman–Crippen MR) is 73.5 cm³/mol.